The lowest BCUT2D eigenvalue weighted by atomic mass is 10.1. The zero-order valence-electron chi connectivity index (χ0n) is 13.9. The van der Waals surface area contributed by atoms with Crippen molar-refractivity contribution in [2.75, 3.05) is 5.32 Å². The molecular weight excluding hydrogens is 350 g/mol. The summed E-state index contributed by atoms with van der Waals surface area (Å²) in [5.74, 6) is 0.893. The Morgan fingerprint density at radius 3 is 2.81 bits per heavy atom. The molecule has 3 heterocycles. The van der Waals surface area contributed by atoms with Crippen molar-refractivity contribution < 1.29 is 13.9 Å². The van der Waals surface area contributed by atoms with Gasteiger partial charge in [0.25, 0.3) is 11.6 Å². The van der Waals surface area contributed by atoms with E-state index in [9.17, 15) is 10.1 Å². The Morgan fingerprint density at radius 2 is 2.07 bits per heavy atom. The molecule has 0 aliphatic heterocycles. The van der Waals surface area contributed by atoms with Gasteiger partial charge >= 0.3 is 0 Å². The van der Waals surface area contributed by atoms with Gasteiger partial charge in [-0.25, -0.2) is 0 Å². The number of furan rings is 1. The second-order valence-corrected chi connectivity index (χ2v) is 5.56. The number of rotatable bonds is 6. The molecule has 27 heavy (non-hydrogen) atoms. The maximum absolute atomic E-state index is 11.5. The average Bonchev–Trinajstić information content (AvgIpc) is 3.38. The largest absolute Gasteiger partial charge is 0.461 e. The lowest BCUT2D eigenvalue weighted by molar-refractivity contribution is -0.383. The van der Waals surface area contributed by atoms with E-state index in [1.807, 2.05) is 18.2 Å². The molecule has 9 nitrogen and oxygen atoms in total. The van der Waals surface area contributed by atoms with Gasteiger partial charge in [0.1, 0.15) is 5.69 Å². The molecule has 9 heteroatoms. The first-order chi connectivity index (χ1) is 13.2. The maximum atomic E-state index is 11.5. The molecular formula is C18H13N5O4. The van der Waals surface area contributed by atoms with Gasteiger partial charge in [0.2, 0.25) is 5.82 Å². The molecule has 134 valence electrons. The molecule has 0 saturated heterocycles. The van der Waals surface area contributed by atoms with E-state index in [1.54, 1.807) is 30.5 Å². The number of pyridine rings is 1. The number of nitrogens with one attached hydrogen (secondary N) is 1. The highest BCUT2D eigenvalue weighted by Crippen LogP contribution is 2.31. The first-order valence-electron chi connectivity index (χ1n) is 8.01. The number of hydrogen-bond acceptors (Lipinski definition) is 8. The van der Waals surface area contributed by atoms with Crippen molar-refractivity contribution in [3.05, 3.63) is 76.8 Å². The summed E-state index contributed by atoms with van der Waals surface area (Å²) in [6, 6.07) is 13.6. The van der Waals surface area contributed by atoms with Crippen LogP contribution in [0.3, 0.4) is 0 Å². The molecule has 1 N–H and O–H groups in total. The third-order valence-corrected chi connectivity index (χ3v) is 3.80. The Hall–Kier alpha value is -4.01. The molecule has 1 aromatic carbocycles. The van der Waals surface area contributed by atoms with Crippen LogP contribution in [-0.4, -0.2) is 20.0 Å². The molecule has 0 aliphatic carbocycles. The van der Waals surface area contributed by atoms with Gasteiger partial charge in [-0.15, -0.1) is 0 Å². The summed E-state index contributed by atoms with van der Waals surface area (Å²) >= 11 is 0. The van der Waals surface area contributed by atoms with Crippen LogP contribution in [0.25, 0.3) is 23.0 Å². The maximum Gasteiger partial charge on any atom is 0.293 e. The van der Waals surface area contributed by atoms with Crippen molar-refractivity contribution in [1.82, 2.24) is 15.1 Å². The van der Waals surface area contributed by atoms with E-state index in [2.05, 4.69) is 20.4 Å². The quantitative estimate of drug-likeness (QED) is 0.404. The predicted molar refractivity (Wildman–Crippen MR) is 95.7 cm³/mol. The van der Waals surface area contributed by atoms with Gasteiger partial charge in [0, 0.05) is 17.8 Å². The van der Waals surface area contributed by atoms with E-state index in [-0.39, 0.29) is 17.4 Å². The summed E-state index contributed by atoms with van der Waals surface area (Å²) in [5.41, 5.74) is 1.49. The zero-order valence-corrected chi connectivity index (χ0v) is 13.9. The lowest BCUT2D eigenvalue weighted by Crippen LogP contribution is -2.04. The Labute approximate surface area is 152 Å². The van der Waals surface area contributed by atoms with Crippen molar-refractivity contribution in [3.8, 4) is 23.0 Å². The summed E-state index contributed by atoms with van der Waals surface area (Å²) in [7, 11) is 0. The van der Waals surface area contributed by atoms with Crippen molar-refractivity contribution in [2.24, 2.45) is 0 Å². The third-order valence-electron chi connectivity index (χ3n) is 3.80. The molecule has 0 atom stereocenters. The van der Waals surface area contributed by atoms with Gasteiger partial charge in [0.05, 0.1) is 23.4 Å². The van der Waals surface area contributed by atoms with E-state index < -0.39 is 4.92 Å². The molecule has 4 aromatic rings. The molecule has 0 radical (unpaired) electrons. The smallest absolute Gasteiger partial charge is 0.293 e. The number of nitro benzene ring substituents is 1. The minimum absolute atomic E-state index is 0.0961. The van der Waals surface area contributed by atoms with E-state index in [0.717, 1.165) is 5.69 Å². The van der Waals surface area contributed by atoms with Crippen molar-refractivity contribution >= 4 is 11.4 Å². The standard InChI is InChI=1S/C18H13N5O4/c24-23(25)15-10-12(18-21-17(22-27-18)16-5-3-9-26-16)6-7-14(15)20-11-13-4-1-2-8-19-13/h1-10,20H,11H2. The number of anilines is 1. The Morgan fingerprint density at radius 1 is 1.15 bits per heavy atom. The second-order valence-electron chi connectivity index (χ2n) is 5.56. The van der Waals surface area contributed by atoms with Crippen molar-refractivity contribution in [1.29, 1.82) is 0 Å². The number of benzene rings is 1. The molecule has 0 aliphatic rings. The lowest BCUT2D eigenvalue weighted by Gasteiger charge is -2.07. The van der Waals surface area contributed by atoms with E-state index in [1.165, 1.54) is 12.3 Å². The molecule has 0 fully saturated rings. The minimum Gasteiger partial charge on any atom is -0.461 e. The SMILES string of the molecule is O=[N+]([O-])c1cc(-c2nc(-c3ccco3)no2)ccc1NCc1ccccn1. The van der Waals surface area contributed by atoms with Crippen molar-refractivity contribution in [2.45, 2.75) is 6.54 Å². The highest BCUT2D eigenvalue weighted by atomic mass is 16.6. The number of aromatic nitrogens is 3. The van der Waals surface area contributed by atoms with Crippen LogP contribution in [0.15, 0.2) is 69.9 Å². The number of hydrogen-bond donors (Lipinski definition) is 1. The third kappa shape index (κ3) is 3.52. The number of nitrogens with zero attached hydrogens (tertiary/aromatic N) is 4. The van der Waals surface area contributed by atoms with Gasteiger partial charge < -0.3 is 14.3 Å². The molecule has 4 rings (SSSR count). The topological polar surface area (TPSA) is 120 Å². The van der Waals surface area contributed by atoms with Gasteiger partial charge in [-0.1, -0.05) is 11.2 Å². The highest BCUT2D eigenvalue weighted by molar-refractivity contribution is 5.70. The fraction of sp³-hybridized carbons (Fsp3) is 0.0556. The fourth-order valence-electron chi connectivity index (χ4n) is 2.50. The molecule has 3 aromatic heterocycles. The van der Waals surface area contributed by atoms with Gasteiger partial charge in [-0.3, -0.25) is 15.1 Å². The van der Waals surface area contributed by atoms with E-state index in [4.69, 9.17) is 8.94 Å². The van der Waals surface area contributed by atoms with Crippen LogP contribution >= 0.6 is 0 Å². The Kier molecular flexibility index (Phi) is 4.32. The summed E-state index contributed by atoms with van der Waals surface area (Å²) in [6.07, 6.45) is 3.17. The van der Waals surface area contributed by atoms with E-state index >= 15 is 0 Å². The van der Waals surface area contributed by atoms with Gasteiger partial charge in [-0.2, -0.15) is 4.98 Å². The van der Waals surface area contributed by atoms with E-state index in [0.29, 0.717) is 23.6 Å². The second kappa shape index (κ2) is 7.08. The molecule has 0 amide bonds. The molecule has 0 unspecified atom stereocenters. The van der Waals surface area contributed by atoms with Crippen LogP contribution < -0.4 is 5.32 Å². The van der Waals surface area contributed by atoms with Gasteiger partial charge in [-0.05, 0) is 36.4 Å². The van der Waals surface area contributed by atoms with Gasteiger partial charge in [0.15, 0.2) is 5.76 Å². The Bertz CT molecular complexity index is 1060. The molecule has 0 spiro atoms. The Balaban J connectivity index is 1.60. The molecule has 0 saturated carbocycles. The average molecular weight is 363 g/mol. The summed E-state index contributed by atoms with van der Waals surface area (Å²) in [6.45, 7) is 0.365. The molecule has 0 bridgehead atoms. The predicted octanol–water partition coefficient (Wildman–Crippen LogP) is 3.91. The monoisotopic (exact) mass is 363 g/mol. The zero-order chi connectivity index (χ0) is 18.6. The normalized spacial score (nSPS) is 10.7. The highest BCUT2D eigenvalue weighted by Gasteiger charge is 2.19. The van der Waals surface area contributed by atoms with Crippen molar-refractivity contribution in [3.63, 3.8) is 0 Å². The fourth-order valence-corrected chi connectivity index (χ4v) is 2.50. The van der Waals surface area contributed by atoms with Crippen LogP contribution in [0.4, 0.5) is 11.4 Å². The minimum atomic E-state index is -0.464. The first-order valence-corrected chi connectivity index (χ1v) is 8.01. The van der Waals surface area contributed by atoms with Crippen LogP contribution in [0.1, 0.15) is 5.69 Å². The summed E-state index contributed by atoms with van der Waals surface area (Å²) in [4.78, 5) is 19.4. The van der Waals surface area contributed by atoms with Crippen LogP contribution in [-0.2, 0) is 6.54 Å². The van der Waals surface area contributed by atoms with Crippen LogP contribution in [0, 0.1) is 10.1 Å². The summed E-state index contributed by atoms with van der Waals surface area (Å²) < 4.78 is 10.4. The first kappa shape index (κ1) is 16.5. The number of nitro groups is 1. The van der Waals surface area contributed by atoms with Crippen LogP contribution in [0.5, 0.6) is 0 Å². The summed E-state index contributed by atoms with van der Waals surface area (Å²) in [5, 5.41) is 18.3. The van der Waals surface area contributed by atoms with Crippen LogP contribution in [0.2, 0.25) is 0 Å².